The number of ether oxygens (including phenoxy) is 3. The van der Waals surface area contributed by atoms with Crippen molar-refractivity contribution >= 4 is 46.6 Å². The van der Waals surface area contributed by atoms with E-state index in [9.17, 15) is 14.4 Å². The van der Waals surface area contributed by atoms with Gasteiger partial charge in [0.25, 0.3) is 11.1 Å². The first kappa shape index (κ1) is 24.4. The quantitative estimate of drug-likeness (QED) is 0.226. The predicted molar refractivity (Wildman–Crippen MR) is 134 cm³/mol. The number of rotatable bonds is 7. The Hall–Kier alpha value is -3.75. The fourth-order valence-electron chi connectivity index (χ4n) is 3.35. The summed E-state index contributed by atoms with van der Waals surface area (Å²) in [5, 5.41) is -0.241. The molecule has 35 heavy (non-hydrogen) atoms. The Morgan fingerprint density at radius 3 is 2.37 bits per heavy atom. The molecule has 0 saturated carbocycles. The summed E-state index contributed by atoms with van der Waals surface area (Å²) in [6.07, 6.45) is 1.55. The highest BCUT2D eigenvalue weighted by Gasteiger charge is 2.35. The molecule has 178 valence electrons. The Morgan fingerprint density at radius 1 is 1.00 bits per heavy atom. The van der Waals surface area contributed by atoms with Crippen LogP contribution in [0.3, 0.4) is 0 Å². The third kappa shape index (κ3) is 5.50. The van der Waals surface area contributed by atoms with Crippen LogP contribution in [-0.2, 0) is 11.3 Å². The molecular formula is C26H20ClNO6S. The summed E-state index contributed by atoms with van der Waals surface area (Å²) in [7, 11) is 2.94. The number of benzene rings is 3. The maximum absolute atomic E-state index is 12.9. The van der Waals surface area contributed by atoms with Crippen molar-refractivity contribution in [2.75, 3.05) is 14.2 Å². The number of carbonyl (C=O) groups is 3. The summed E-state index contributed by atoms with van der Waals surface area (Å²) in [5.74, 6) is -0.162. The van der Waals surface area contributed by atoms with Crippen LogP contribution in [0.25, 0.3) is 6.08 Å². The second kappa shape index (κ2) is 10.7. The van der Waals surface area contributed by atoms with Gasteiger partial charge in [0.2, 0.25) is 0 Å². The van der Waals surface area contributed by atoms with E-state index in [1.165, 1.54) is 25.2 Å². The molecule has 1 fully saturated rings. The molecule has 9 heteroatoms. The molecule has 0 atom stereocenters. The number of thioether (sulfide) groups is 1. The zero-order valence-corrected chi connectivity index (χ0v) is 20.4. The predicted octanol–water partition coefficient (Wildman–Crippen LogP) is 5.81. The Morgan fingerprint density at radius 2 is 1.71 bits per heavy atom. The van der Waals surface area contributed by atoms with Gasteiger partial charge >= 0.3 is 5.97 Å². The average Bonchev–Trinajstić information content (AvgIpc) is 3.13. The molecule has 3 aromatic rings. The van der Waals surface area contributed by atoms with Gasteiger partial charge in [-0.25, -0.2) is 4.79 Å². The highest BCUT2D eigenvalue weighted by atomic mass is 35.5. The standard InChI is InChI=1S/C26H20ClNO6S/c1-32-19-10-8-18(9-11-19)25(30)34-23-20(27)12-17(13-21(23)33-2)14-22-24(29)28(26(31)35-22)15-16-6-4-3-5-7-16/h3-14H,15H2,1-2H3/b22-14-. The van der Waals surface area contributed by atoms with Crippen molar-refractivity contribution in [3.8, 4) is 17.2 Å². The minimum atomic E-state index is -0.623. The minimum Gasteiger partial charge on any atom is -0.497 e. The molecule has 7 nitrogen and oxygen atoms in total. The molecular weight excluding hydrogens is 490 g/mol. The van der Waals surface area contributed by atoms with Crippen LogP contribution in [0, 0.1) is 0 Å². The van der Waals surface area contributed by atoms with Gasteiger partial charge in [-0.2, -0.15) is 0 Å². The number of amides is 2. The molecule has 1 heterocycles. The van der Waals surface area contributed by atoms with E-state index in [-0.39, 0.29) is 33.2 Å². The lowest BCUT2D eigenvalue weighted by atomic mass is 10.1. The number of hydrogen-bond acceptors (Lipinski definition) is 7. The molecule has 0 N–H and O–H groups in total. The van der Waals surface area contributed by atoms with E-state index < -0.39 is 11.9 Å². The molecule has 4 rings (SSSR count). The Labute approximate surface area is 211 Å². The van der Waals surface area contributed by atoms with Crippen LogP contribution < -0.4 is 14.2 Å². The number of imide groups is 1. The average molecular weight is 510 g/mol. The molecule has 2 amide bonds. The van der Waals surface area contributed by atoms with E-state index in [0.29, 0.717) is 16.9 Å². The lowest BCUT2D eigenvalue weighted by Gasteiger charge is -2.13. The largest absolute Gasteiger partial charge is 0.497 e. The van der Waals surface area contributed by atoms with Gasteiger partial charge in [-0.1, -0.05) is 41.9 Å². The molecule has 0 radical (unpaired) electrons. The van der Waals surface area contributed by atoms with Gasteiger partial charge in [0.05, 0.1) is 36.3 Å². The summed E-state index contributed by atoms with van der Waals surface area (Å²) >= 11 is 7.25. The highest BCUT2D eigenvalue weighted by Crippen LogP contribution is 2.39. The van der Waals surface area contributed by atoms with Crippen molar-refractivity contribution in [2.45, 2.75) is 6.54 Å². The van der Waals surface area contributed by atoms with Crippen LogP contribution >= 0.6 is 23.4 Å². The van der Waals surface area contributed by atoms with Crippen molar-refractivity contribution in [2.24, 2.45) is 0 Å². The van der Waals surface area contributed by atoms with Crippen LogP contribution in [0.4, 0.5) is 4.79 Å². The maximum atomic E-state index is 12.9. The summed E-state index contributed by atoms with van der Waals surface area (Å²) in [4.78, 5) is 39.3. The third-order valence-electron chi connectivity index (χ3n) is 5.13. The number of nitrogens with zero attached hydrogens (tertiary/aromatic N) is 1. The zero-order valence-electron chi connectivity index (χ0n) is 18.8. The fourth-order valence-corrected chi connectivity index (χ4v) is 4.45. The first-order chi connectivity index (χ1) is 16.9. The van der Waals surface area contributed by atoms with E-state index in [4.69, 9.17) is 25.8 Å². The van der Waals surface area contributed by atoms with Gasteiger partial charge in [-0.3, -0.25) is 14.5 Å². The summed E-state index contributed by atoms with van der Waals surface area (Å²) in [6, 6.07) is 18.8. The van der Waals surface area contributed by atoms with Crippen molar-refractivity contribution < 1.29 is 28.6 Å². The fraction of sp³-hybridized carbons (Fsp3) is 0.115. The Kier molecular flexibility index (Phi) is 7.43. The van der Waals surface area contributed by atoms with Crippen LogP contribution in [0.1, 0.15) is 21.5 Å². The van der Waals surface area contributed by atoms with Crippen LogP contribution in [-0.4, -0.2) is 36.2 Å². The molecule has 0 spiro atoms. The van der Waals surface area contributed by atoms with E-state index in [2.05, 4.69) is 0 Å². The van der Waals surface area contributed by atoms with Gasteiger partial charge < -0.3 is 14.2 Å². The van der Waals surface area contributed by atoms with E-state index in [1.54, 1.807) is 36.4 Å². The minimum absolute atomic E-state index is 0.0457. The monoisotopic (exact) mass is 509 g/mol. The molecule has 1 aliphatic heterocycles. The van der Waals surface area contributed by atoms with Crippen molar-refractivity contribution in [1.29, 1.82) is 0 Å². The highest BCUT2D eigenvalue weighted by molar-refractivity contribution is 8.18. The first-order valence-electron chi connectivity index (χ1n) is 10.4. The zero-order chi connectivity index (χ0) is 24.9. The maximum Gasteiger partial charge on any atom is 0.343 e. The number of esters is 1. The van der Waals surface area contributed by atoms with E-state index >= 15 is 0 Å². The van der Waals surface area contributed by atoms with Crippen LogP contribution in [0.5, 0.6) is 17.2 Å². The van der Waals surface area contributed by atoms with Crippen LogP contribution in [0.2, 0.25) is 5.02 Å². The Bertz CT molecular complexity index is 1310. The lowest BCUT2D eigenvalue weighted by Crippen LogP contribution is -2.27. The molecule has 0 aliphatic carbocycles. The Balaban J connectivity index is 1.55. The van der Waals surface area contributed by atoms with E-state index in [1.807, 2.05) is 30.3 Å². The smallest absolute Gasteiger partial charge is 0.343 e. The lowest BCUT2D eigenvalue weighted by molar-refractivity contribution is -0.123. The van der Waals surface area contributed by atoms with Crippen molar-refractivity contribution in [3.05, 3.63) is 93.3 Å². The molecule has 1 saturated heterocycles. The first-order valence-corrected chi connectivity index (χ1v) is 11.6. The van der Waals surface area contributed by atoms with Gasteiger partial charge in [0, 0.05) is 0 Å². The molecule has 0 aromatic heterocycles. The van der Waals surface area contributed by atoms with Crippen molar-refractivity contribution in [3.63, 3.8) is 0 Å². The number of carbonyl (C=O) groups excluding carboxylic acids is 3. The molecule has 0 unspecified atom stereocenters. The van der Waals surface area contributed by atoms with Gasteiger partial charge in [-0.05, 0) is 65.4 Å². The second-order valence-corrected chi connectivity index (χ2v) is 8.81. The normalized spacial score (nSPS) is 14.4. The van der Waals surface area contributed by atoms with Crippen LogP contribution in [0.15, 0.2) is 71.6 Å². The third-order valence-corrected chi connectivity index (χ3v) is 6.32. The van der Waals surface area contributed by atoms with Gasteiger partial charge in [0.1, 0.15) is 5.75 Å². The van der Waals surface area contributed by atoms with E-state index in [0.717, 1.165) is 17.3 Å². The molecule has 0 bridgehead atoms. The molecule has 3 aromatic carbocycles. The summed E-state index contributed by atoms with van der Waals surface area (Å²) in [6.45, 7) is 0.188. The van der Waals surface area contributed by atoms with Gasteiger partial charge in [-0.15, -0.1) is 0 Å². The summed E-state index contributed by atoms with van der Waals surface area (Å²) in [5.41, 5.74) is 1.67. The van der Waals surface area contributed by atoms with Crippen molar-refractivity contribution in [1.82, 2.24) is 4.90 Å². The molecule has 1 aliphatic rings. The van der Waals surface area contributed by atoms with Gasteiger partial charge in [0.15, 0.2) is 11.5 Å². The number of halogens is 1. The summed E-state index contributed by atoms with van der Waals surface area (Å²) < 4.78 is 15.9. The SMILES string of the molecule is COc1ccc(C(=O)Oc2c(Cl)cc(/C=C3\SC(=O)N(Cc4ccccc4)C3=O)cc2OC)cc1. The number of methoxy groups -OCH3 is 2. The number of hydrogen-bond donors (Lipinski definition) is 0. The topological polar surface area (TPSA) is 82.1 Å². The second-order valence-electron chi connectivity index (χ2n) is 7.41.